The maximum absolute atomic E-state index is 14.5. The van der Waals surface area contributed by atoms with E-state index in [1.807, 2.05) is 24.3 Å². The van der Waals surface area contributed by atoms with Crippen molar-refractivity contribution in [3.05, 3.63) is 70.1 Å². The molecule has 0 spiro atoms. The van der Waals surface area contributed by atoms with Crippen LogP contribution in [0.5, 0.6) is 0 Å². The number of carbonyl (C=O) groups is 1. The first kappa shape index (κ1) is 16.1. The minimum Gasteiger partial charge on any atom is -0.468 e. The van der Waals surface area contributed by atoms with Crippen LogP contribution in [0.4, 0.5) is 4.39 Å². The number of hydrogen-bond acceptors (Lipinski definition) is 3. The molecule has 0 saturated heterocycles. The quantitative estimate of drug-likeness (QED) is 0.686. The van der Waals surface area contributed by atoms with Gasteiger partial charge in [0.25, 0.3) is 0 Å². The van der Waals surface area contributed by atoms with E-state index in [-0.39, 0.29) is 5.97 Å². The molecule has 0 saturated carbocycles. The molecule has 6 heteroatoms. The van der Waals surface area contributed by atoms with Gasteiger partial charge in [-0.05, 0) is 23.8 Å². The van der Waals surface area contributed by atoms with Gasteiger partial charge in [-0.1, -0.05) is 35.9 Å². The van der Waals surface area contributed by atoms with Gasteiger partial charge in [-0.3, -0.25) is 10.1 Å². The van der Waals surface area contributed by atoms with Crippen molar-refractivity contribution in [2.24, 2.45) is 0 Å². The lowest BCUT2D eigenvalue weighted by Crippen LogP contribution is -2.45. The Morgan fingerprint density at radius 2 is 2.04 bits per heavy atom. The van der Waals surface area contributed by atoms with Gasteiger partial charge in [0.1, 0.15) is 11.9 Å². The molecule has 0 aliphatic carbocycles. The third kappa shape index (κ3) is 2.60. The summed E-state index contributed by atoms with van der Waals surface area (Å²) in [6.45, 7) is 0. The van der Waals surface area contributed by atoms with Gasteiger partial charge < -0.3 is 9.72 Å². The van der Waals surface area contributed by atoms with Crippen molar-refractivity contribution in [3.8, 4) is 0 Å². The third-order valence-electron chi connectivity index (χ3n) is 4.69. The van der Waals surface area contributed by atoms with Gasteiger partial charge in [-0.15, -0.1) is 0 Å². The van der Waals surface area contributed by atoms with Crippen molar-refractivity contribution in [1.82, 2.24) is 10.3 Å². The molecule has 4 rings (SSSR count). The van der Waals surface area contributed by atoms with Crippen molar-refractivity contribution >= 4 is 28.5 Å². The number of hydrogen-bond donors (Lipinski definition) is 2. The Morgan fingerprint density at radius 1 is 1.24 bits per heavy atom. The number of rotatable bonds is 2. The van der Waals surface area contributed by atoms with Gasteiger partial charge in [0.2, 0.25) is 0 Å². The molecule has 2 heterocycles. The highest BCUT2D eigenvalue weighted by molar-refractivity contribution is 6.31. The molecule has 1 aliphatic heterocycles. The van der Waals surface area contributed by atoms with Crippen molar-refractivity contribution < 1.29 is 13.9 Å². The Bertz CT molecular complexity index is 949. The summed E-state index contributed by atoms with van der Waals surface area (Å²) in [5.74, 6) is -0.798. The van der Waals surface area contributed by atoms with Crippen LogP contribution in [-0.2, 0) is 16.0 Å². The van der Waals surface area contributed by atoms with Crippen molar-refractivity contribution in [2.75, 3.05) is 7.11 Å². The van der Waals surface area contributed by atoms with Crippen LogP contribution in [0.25, 0.3) is 10.9 Å². The predicted octanol–water partition coefficient (Wildman–Crippen LogP) is 3.74. The van der Waals surface area contributed by atoms with Crippen LogP contribution in [0.15, 0.2) is 42.5 Å². The zero-order valence-corrected chi connectivity index (χ0v) is 14.2. The second-order valence-corrected chi connectivity index (χ2v) is 6.48. The fourth-order valence-corrected chi connectivity index (χ4v) is 3.81. The molecular formula is C19H16ClFN2O2. The average Bonchev–Trinajstić information content (AvgIpc) is 2.99. The highest BCUT2D eigenvalue weighted by Gasteiger charge is 2.36. The summed E-state index contributed by atoms with van der Waals surface area (Å²) in [6.07, 6.45) is 0.467. The maximum atomic E-state index is 14.5. The molecule has 1 aromatic heterocycles. The van der Waals surface area contributed by atoms with E-state index in [2.05, 4.69) is 10.3 Å². The Kier molecular flexibility index (Phi) is 3.98. The van der Waals surface area contributed by atoms with Crippen LogP contribution >= 0.6 is 11.6 Å². The minimum atomic E-state index is -0.572. The van der Waals surface area contributed by atoms with E-state index in [1.54, 1.807) is 12.1 Å². The largest absolute Gasteiger partial charge is 0.468 e. The summed E-state index contributed by atoms with van der Waals surface area (Å²) >= 11 is 6.28. The van der Waals surface area contributed by atoms with Crippen molar-refractivity contribution in [1.29, 1.82) is 0 Å². The fraction of sp³-hybridized carbons (Fsp3) is 0.211. The summed E-state index contributed by atoms with van der Waals surface area (Å²) in [5, 5.41) is 4.52. The molecule has 0 radical (unpaired) electrons. The lowest BCUT2D eigenvalue weighted by molar-refractivity contribution is -0.143. The lowest BCUT2D eigenvalue weighted by atomic mass is 9.90. The summed E-state index contributed by atoms with van der Waals surface area (Å²) < 4.78 is 19.4. The van der Waals surface area contributed by atoms with Crippen LogP contribution in [-0.4, -0.2) is 24.1 Å². The maximum Gasteiger partial charge on any atom is 0.323 e. The second kappa shape index (κ2) is 6.17. The zero-order chi connectivity index (χ0) is 17.6. The highest BCUT2D eigenvalue weighted by Crippen LogP contribution is 2.38. The molecule has 4 nitrogen and oxygen atoms in total. The first-order valence-electron chi connectivity index (χ1n) is 7.97. The summed E-state index contributed by atoms with van der Waals surface area (Å²) in [5.41, 5.74) is 3.07. The average molecular weight is 359 g/mol. The van der Waals surface area contributed by atoms with Crippen LogP contribution in [0.2, 0.25) is 5.02 Å². The van der Waals surface area contributed by atoms with Crippen LogP contribution in [0.3, 0.4) is 0 Å². The number of ether oxygens (including phenoxy) is 1. The number of fused-ring (bicyclic) bond motifs is 3. The Labute approximate surface area is 148 Å². The third-order valence-corrected chi connectivity index (χ3v) is 5.02. The lowest BCUT2D eigenvalue weighted by Gasteiger charge is -2.30. The smallest absolute Gasteiger partial charge is 0.323 e. The number of methoxy groups -OCH3 is 1. The van der Waals surface area contributed by atoms with E-state index < -0.39 is 17.9 Å². The standard InChI is InChI=1S/C19H16ClFN2O2/c1-25-19(24)15-9-11-10-5-2-3-8-14(10)22-17(11)18(23-15)16-12(20)6-4-7-13(16)21/h2-8,15,18,22-23H,9H2,1H3/t15-,18-/m0/s1. The van der Waals surface area contributed by atoms with Crippen LogP contribution < -0.4 is 5.32 Å². The molecule has 2 N–H and O–H groups in total. The number of H-pyrrole nitrogens is 1. The summed E-state index contributed by atoms with van der Waals surface area (Å²) in [7, 11) is 1.35. The number of carbonyl (C=O) groups excluding carboxylic acids is 1. The fourth-order valence-electron chi connectivity index (χ4n) is 3.54. The number of nitrogens with one attached hydrogen (secondary N) is 2. The van der Waals surface area contributed by atoms with E-state index in [1.165, 1.54) is 13.2 Å². The number of aromatic amines is 1. The molecule has 0 bridgehead atoms. The van der Waals surface area contributed by atoms with Crippen LogP contribution in [0, 0.1) is 5.82 Å². The Morgan fingerprint density at radius 3 is 2.80 bits per heavy atom. The topological polar surface area (TPSA) is 54.1 Å². The number of halogens is 2. The van der Waals surface area contributed by atoms with Gasteiger partial charge >= 0.3 is 5.97 Å². The van der Waals surface area contributed by atoms with E-state index in [4.69, 9.17) is 16.3 Å². The van der Waals surface area contributed by atoms with Gasteiger partial charge in [0.05, 0.1) is 13.2 Å². The van der Waals surface area contributed by atoms with E-state index in [9.17, 15) is 9.18 Å². The Balaban J connectivity index is 1.93. The Hall–Kier alpha value is -2.37. The van der Waals surface area contributed by atoms with E-state index in [0.29, 0.717) is 17.0 Å². The SMILES string of the molecule is COC(=O)[C@@H]1Cc2c([nH]c3ccccc23)[C@H](c2c(F)cccc2Cl)N1. The number of benzene rings is 2. The van der Waals surface area contributed by atoms with Gasteiger partial charge in [0, 0.05) is 33.6 Å². The van der Waals surface area contributed by atoms with Gasteiger partial charge in [-0.2, -0.15) is 0 Å². The van der Waals surface area contributed by atoms with Crippen LogP contribution in [0.1, 0.15) is 22.9 Å². The van der Waals surface area contributed by atoms with Gasteiger partial charge in [-0.25, -0.2) is 4.39 Å². The predicted molar refractivity (Wildman–Crippen MR) is 94.2 cm³/mol. The molecule has 2 aromatic carbocycles. The molecule has 2 atom stereocenters. The number of esters is 1. The van der Waals surface area contributed by atoms with Gasteiger partial charge in [0.15, 0.2) is 0 Å². The van der Waals surface area contributed by atoms with E-state index in [0.717, 1.165) is 22.2 Å². The number of aromatic nitrogens is 1. The molecule has 3 aromatic rings. The zero-order valence-electron chi connectivity index (χ0n) is 13.5. The summed E-state index contributed by atoms with van der Waals surface area (Å²) in [4.78, 5) is 15.5. The first-order valence-corrected chi connectivity index (χ1v) is 8.35. The first-order chi connectivity index (χ1) is 12.1. The summed E-state index contributed by atoms with van der Waals surface area (Å²) in [6, 6.07) is 11.3. The monoisotopic (exact) mass is 358 g/mol. The van der Waals surface area contributed by atoms with Crippen molar-refractivity contribution in [2.45, 2.75) is 18.5 Å². The second-order valence-electron chi connectivity index (χ2n) is 6.08. The number of para-hydroxylation sites is 1. The molecule has 0 fully saturated rings. The minimum absolute atomic E-state index is 0.313. The molecule has 1 aliphatic rings. The van der Waals surface area contributed by atoms with E-state index >= 15 is 0 Å². The highest BCUT2D eigenvalue weighted by atomic mass is 35.5. The normalized spacial score (nSPS) is 19.6. The van der Waals surface area contributed by atoms with Crippen molar-refractivity contribution in [3.63, 3.8) is 0 Å². The molecule has 0 unspecified atom stereocenters. The molecular weight excluding hydrogens is 343 g/mol. The molecule has 25 heavy (non-hydrogen) atoms. The molecule has 0 amide bonds. The molecule has 128 valence electrons.